The summed E-state index contributed by atoms with van der Waals surface area (Å²) in [5, 5.41) is 0. The van der Waals surface area contributed by atoms with Crippen LogP contribution in [0.25, 0.3) is 0 Å². The molecule has 2 aromatic rings. The SMILES string of the molecule is Cc1cccc(Cn2c(=O)cc(C(F)(F)F)n(C)c2=O)c1. The number of rotatable bonds is 2. The molecule has 1 heterocycles. The summed E-state index contributed by atoms with van der Waals surface area (Å²) < 4.78 is 39.4. The molecule has 0 saturated heterocycles. The zero-order valence-electron chi connectivity index (χ0n) is 11.4. The number of nitrogens with zero attached hydrogens (tertiary/aromatic N) is 2. The van der Waals surface area contributed by atoms with Gasteiger partial charge in [-0.1, -0.05) is 29.8 Å². The first-order valence-electron chi connectivity index (χ1n) is 6.14. The second kappa shape index (κ2) is 5.23. The number of benzene rings is 1. The van der Waals surface area contributed by atoms with Gasteiger partial charge in [0, 0.05) is 13.1 Å². The lowest BCUT2D eigenvalue weighted by molar-refractivity contribution is -0.144. The molecular weight excluding hydrogens is 285 g/mol. The van der Waals surface area contributed by atoms with Gasteiger partial charge in [-0.2, -0.15) is 13.2 Å². The van der Waals surface area contributed by atoms with Gasteiger partial charge in [0.2, 0.25) is 0 Å². The van der Waals surface area contributed by atoms with Gasteiger partial charge in [-0.25, -0.2) is 4.79 Å². The van der Waals surface area contributed by atoms with E-state index < -0.39 is 23.1 Å². The average molecular weight is 298 g/mol. The van der Waals surface area contributed by atoms with E-state index in [1.54, 1.807) is 18.2 Å². The second-order valence-corrected chi connectivity index (χ2v) is 4.78. The minimum atomic E-state index is -4.74. The molecule has 21 heavy (non-hydrogen) atoms. The summed E-state index contributed by atoms with van der Waals surface area (Å²) in [5.41, 5.74) is -1.60. The van der Waals surface area contributed by atoms with Gasteiger partial charge in [0.1, 0.15) is 5.69 Å². The number of halogens is 3. The van der Waals surface area contributed by atoms with Gasteiger partial charge in [-0.05, 0) is 12.5 Å². The Morgan fingerprint density at radius 1 is 1.14 bits per heavy atom. The van der Waals surface area contributed by atoms with Crippen molar-refractivity contribution in [3.63, 3.8) is 0 Å². The van der Waals surface area contributed by atoms with Gasteiger partial charge in [0.15, 0.2) is 0 Å². The molecule has 0 radical (unpaired) electrons. The fraction of sp³-hybridized carbons (Fsp3) is 0.286. The predicted molar refractivity (Wildman–Crippen MR) is 71.2 cm³/mol. The van der Waals surface area contributed by atoms with Crippen molar-refractivity contribution < 1.29 is 13.2 Å². The van der Waals surface area contributed by atoms with Crippen LogP contribution < -0.4 is 11.2 Å². The number of alkyl halides is 3. The van der Waals surface area contributed by atoms with Crippen molar-refractivity contribution in [1.29, 1.82) is 0 Å². The quantitative estimate of drug-likeness (QED) is 0.850. The maximum Gasteiger partial charge on any atom is 0.431 e. The van der Waals surface area contributed by atoms with Crippen molar-refractivity contribution >= 4 is 0 Å². The van der Waals surface area contributed by atoms with Crippen molar-refractivity contribution in [2.45, 2.75) is 19.6 Å². The van der Waals surface area contributed by atoms with E-state index in [4.69, 9.17) is 0 Å². The topological polar surface area (TPSA) is 44.0 Å². The summed E-state index contributed by atoms with van der Waals surface area (Å²) in [6.45, 7) is 1.78. The first-order chi connectivity index (χ1) is 9.70. The van der Waals surface area contributed by atoms with E-state index in [1.165, 1.54) is 0 Å². The molecule has 1 aromatic carbocycles. The van der Waals surface area contributed by atoms with Crippen LogP contribution in [0.15, 0.2) is 39.9 Å². The van der Waals surface area contributed by atoms with Crippen LogP contribution in [-0.4, -0.2) is 9.13 Å². The molecule has 0 spiro atoms. The molecule has 7 heteroatoms. The molecule has 0 fully saturated rings. The molecule has 0 aliphatic rings. The van der Waals surface area contributed by atoms with Crippen LogP contribution in [0.2, 0.25) is 0 Å². The van der Waals surface area contributed by atoms with E-state index in [2.05, 4.69) is 0 Å². The highest BCUT2D eigenvalue weighted by molar-refractivity contribution is 5.22. The Morgan fingerprint density at radius 2 is 1.81 bits per heavy atom. The first-order valence-corrected chi connectivity index (χ1v) is 6.14. The molecule has 0 amide bonds. The summed E-state index contributed by atoms with van der Waals surface area (Å²) in [4.78, 5) is 23.8. The molecule has 4 nitrogen and oxygen atoms in total. The third-order valence-corrected chi connectivity index (χ3v) is 3.12. The first kappa shape index (κ1) is 15.1. The molecule has 0 saturated carbocycles. The molecule has 1 aromatic heterocycles. The minimum absolute atomic E-state index is 0.0642. The fourth-order valence-corrected chi connectivity index (χ4v) is 2.08. The summed E-state index contributed by atoms with van der Waals surface area (Å²) in [7, 11) is 0.997. The predicted octanol–water partition coefficient (Wildman–Crippen LogP) is 1.92. The lowest BCUT2D eigenvalue weighted by atomic mass is 10.1. The van der Waals surface area contributed by atoms with Crippen LogP contribution in [0, 0.1) is 6.92 Å². The van der Waals surface area contributed by atoms with Crippen molar-refractivity contribution in [1.82, 2.24) is 9.13 Å². The maximum atomic E-state index is 12.7. The molecule has 0 aliphatic carbocycles. The molecule has 0 atom stereocenters. The Kier molecular flexibility index (Phi) is 3.76. The molecule has 112 valence electrons. The Bertz CT molecular complexity index is 788. The van der Waals surface area contributed by atoms with Crippen molar-refractivity contribution in [3.8, 4) is 0 Å². The Labute approximate surface area is 118 Å². The standard InChI is InChI=1S/C14H13F3N2O2/c1-9-4-3-5-10(6-9)8-19-12(20)7-11(14(15,16)17)18(2)13(19)21/h3-7H,8H2,1-2H3. The van der Waals surface area contributed by atoms with Crippen LogP contribution in [0.4, 0.5) is 13.2 Å². The van der Waals surface area contributed by atoms with E-state index >= 15 is 0 Å². The average Bonchev–Trinajstić information content (AvgIpc) is 2.37. The number of aromatic nitrogens is 2. The second-order valence-electron chi connectivity index (χ2n) is 4.78. The highest BCUT2D eigenvalue weighted by Gasteiger charge is 2.34. The summed E-state index contributed by atoms with van der Waals surface area (Å²) >= 11 is 0. The lowest BCUT2D eigenvalue weighted by Gasteiger charge is -2.14. The van der Waals surface area contributed by atoms with E-state index in [1.807, 2.05) is 13.0 Å². The third kappa shape index (κ3) is 3.07. The maximum absolute atomic E-state index is 12.7. The van der Waals surface area contributed by atoms with Crippen LogP contribution in [0.5, 0.6) is 0 Å². The molecule has 0 bridgehead atoms. The van der Waals surface area contributed by atoms with Gasteiger partial charge >= 0.3 is 11.9 Å². The smallest absolute Gasteiger partial charge is 0.292 e. The largest absolute Gasteiger partial charge is 0.431 e. The summed E-state index contributed by atoms with van der Waals surface area (Å²) in [6, 6.07) is 7.51. The summed E-state index contributed by atoms with van der Waals surface area (Å²) in [5.74, 6) is 0. The fourth-order valence-electron chi connectivity index (χ4n) is 2.08. The van der Waals surface area contributed by atoms with Crippen molar-refractivity contribution in [2.75, 3.05) is 0 Å². The van der Waals surface area contributed by atoms with E-state index in [-0.39, 0.29) is 6.54 Å². The molecule has 0 unspecified atom stereocenters. The number of aryl methyl sites for hydroxylation is 1. The van der Waals surface area contributed by atoms with Crippen LogP contribution in [0.1, 0.15) is 16.8 Å². The Balaban J connectivity index is 2.55. The number of hydrogen-bond acceptors (Lipinski definition) is 2. The molecule has 2 rings (SSSR count). The molecular formula is C14H13F3N2O2. The summed E-state index contributed by atoms with van der Waals surface area (Å²) in [6.07, 6.45) is -4.74. The zero-order chi connectivity index (χ0) is 15.8. The highest BCUT2D eigenvalue weighted by atomic mass is 19.4. The van der Waals surface area contributed by atoms with Gasteiger partial charge in [0.05, 0.1) is 6.54 Å². The number of hydrogen-bond donors (Lipinski definition) is 0. The van der Waals surface area contributed by atoms with Gasteiger partial charge < -0.3 is 0 Å². The highest BCUT2D eigenvalue weighted by Crippen LogP contribution is 2.26. The monoisotopic (exact) mass is 298 g/mol. The van der Waals surface area contributed by atoms with Crippen molar-refractivity contribution in [2.24, 2.45) is 7.05 Å². The van der Waals surface area contributed by atoms with Gasteiger partial charge in [-0.3, -0.25) is 13.9 Å². The van der Waals surface area contributed by atoms with Crippen LogP contribution >= 0.6 is 0 Å². The molecule has 0 aliphatic heterocycles. The third-order valence-electron chi connectivity index (χ3n) is 3.12. The van der Waals surface area contributed by atoms with Crippen molar-refractivity contribution in [3.05, 3.63) is 68.0 Å². The Hall–Kier alpha value is -2.31. The zero-order valence-corrected chi connectivity index (χ0v) is 11.4. The van der Waals surface area contributed by atoms with Gasteiger partial charge in [0.25, 0.3) is 5.56 Å². The lowest BCUT2D eigenvalue weighted by Crippen LogP contribution is -2.41. The molecule has 0 N–H and O–H groups in total. The van der Waals surface area contributed by atoms with E-state index in [0.29, 0.717) is 16.2 Å². The van der Waals surface area contributed by atoms with E-state index in [0.717, 1.165) is 17.2 Å². The minimum Gasteiger partial charge on any atom is -0.292 e. The van der Waals surface area contributed by atoms with Crippen LogP contribution in [-0.2, 0) is 19.8 Å². The normalized spacial score (nSPS) is 11.7. The Morgan fingerprint density at radius 3 is 2.38 bits per heavy atom. The van der Waals surface area contributed by atoms with E-state index in [9.17, 15) is 22.8 Å². The van der Waals surface area contributed by atoms with Gasteiger partial charge in [-0.15, -0.1) is 0 Å². The van der Waals surface area contributed by atoms with Crippen LogP contribution in [0.3, 0.4) is 0 Å².